The van der Waals surface area contributed by atoms with Gasteiger partial charge in [-0.15, -0.1) is 0 Å². The van der Waals surface area contributed by atoms with E-state index >= 15 is 0 Å². The summed E-state index contributed by atoms with van der Waals surface area (Å²) in [6, 6.07) is 10.9. The molecule has 5 heteroatoms. The van der Waals surface area contributed by atoms with Crippen LogP contribution in [-0.2, 0) is 0 Å². The number of benzene rings is 1. The lowest BCUT2D eigenvalue weighted by atomic mass is 10.1. The molecule has 0 unspecified atom stereocenters. The van der Waals surface area contributed by atoms with E-state index in [-0.39, 0.29) is 11.8 Å². The number of rotatable bonds is 5. The molecule has 0 saturated carbocycles. The zero-order valence-electron chi connectivity index (χ0n) is 12.7. The summed E-state index contributed by atoms with van der Waals surface area (Å²) in [4.78, 5) is 27.8. The first kappa shape index (κ1) is 15.7. The van der Waals surface area contributed by atoms with Gasteiger partial charge in [-0.25, -0.2) is 0 Å². The highest BCUT2D eigenvalue weighted by Crippen LogP contribution is 2.03. The molecule has 2 amide bonds. The average molecular weight is 297 g/mol. The van der Waals surface area contributed by atoms with Crippen LogP contribution in [0.15, 0.2) is 42.6 Å². The van der Waals surface area contributed by atoms with E-state index in [4.69, 9.17) is 0 Å². The van der Waals surface area contributed by atoms with Gasteiger partial charge < -0.3 is 10.6 Å². The van der Waals surface area contributed by atoms with Gasteiger partial charge in [0.05, 0.1) is 5.56 Å². The second-order valence-corrected chi connectivity index (χ2v) is 5.07. The topological polar surface area (TPSA) is 71.1 Å². The first-order valence-corrected chi connectivity index (χ1v) is 7.12. The summed E-state index contributed by atoms with van der Waals surface area (Å²) in [5.41, 5.74) is 3.03. The molecule has 0 spiro atoms. The molecule has 0 radical (unpaired) electrons. The van der Waals surface area contributed by atoms with Crippen LogP contribution in [0.2, 0.25) is 0 Å². The van der Waals surface area contributed by atoms with E-state index in [0.29, 0.717) is 24.2 Å². The van der Waals surface area contributed by atoms with Gasteiger partial charge in [-0.05, 0) is 38.1 Å². The van der Waals surface area contributed by atoms with E-state index in [1.165, 1.54) is 6.20 Å². The van der Waals surface area contributed by atoms with Crippen LogP contribution < -0.4 is 10.6 Å². The van der Waals surface area contributed by atoms with E-state index in [1.807, 2.05) is 32.0 Å². The summed E-state index contributed by atoms with van der Waals surface area (Å²) >= 11 is 0. The van der Waals surface area contributed by atoms with Crippen LogP contribution in [0.3, 0.4) is 0 Å². The lowest BCUT2D eigenvalue weighted by Gasteiger charge is -2.07. The highest BCUT2D eigenvalue weighted by molar-refractivity contribution is 5.95. The van der Waals surface area contributed by atoms with Crippen molar-refractivity contribution in [3.05, 3.63) is 65.0 Å². The van der Waals surface area contributed by atoms with E-state index in [1.54, 1.807) is 18.2 Å². The standard InChI is InChI=1S/C17H19N3O2/c1-12-4-3-5-14(10-12)16(21)18-8-9-19-17(22)15-7-6-13(2)20-11-15/h3-7,10-11H,8-9H2,1-2H3,(H,18,21)(H,19,22). The Hall–Kier alpha value is -2.69. The minimum atomic E-state index is -0.197. The Morgan fingerprint density at radius 1 is 0.955 bits per heavy atom. The fraction of sp³-hybridized carbons (Fsp3) is 0.235. The molecule has 2 aromatic rings. The van der Waals surface area contributed by atoms with Crippen molar-refractivity contribution in [1.29, 1.82) is 0 Å². The van der Waals surface area contributed by atoms with Gasteiger partial charge in [0.15, 0.2) is 0 Å². The number of hydrogen-bond acceptors (Lipinski definition) is 3. The van der Waals surface area contributed by atoms with Gasteiger partial charge in [0.25, 0.3) is 11.8 Å². The van der Waals surface area contributed by atoms with Crippen LogP contribution in [0, 0.1) is 13.8 Å². The summed E-state index contributed by atoms with van der Waals surface area (Å²) in [6.07, 6.45) is 1.54. The molecule has 0 fully saturated rings. The van der Waals surface area contributed by atoms with Crippen molar-refractivity contribution >= 4 is 11.8 Å². The van der Waals surface area contributed by atoms with Gasteiger partial charge in [0, 0.05) is 30.5 Å². The molecule has 5 nitrogen and oxygen atoms in total. The first-order valence-electron chi connectivity index (χ1n) is 7.12. The average Bonchev–Trinajstić information content (AvgIpc) is 2.51. The van der Waals surface area contributed by atoms with Crippen LogP contribution in [0.5, 0.6) is 0 Å². The van der Waals surface area contributed by atoms with Gasteiger partial charge in [0.2, 0.25) is 0 Å². The summed E-state index contributed by atoms with van der Waals surface area (Å²) < 4.78 is 0. The molecule has 0 saturated heterocycles. The molecule has 2 N–H and O–H groups in total. The first-order chi connectivity index (χ1) is 10.6. The Morgan fingerprint density at radius 3 is 2.23 bits per heavy atom. The summed E-state index contributed by atoms with van der Waals surface area (Å²) in [5, 5.41) is 5.52. The number of hydrogen-bond donors (Lipinski definition) is 2. The Labute approximate surface area is 129 Å². The molecule has 2 rings (SSSR count). The Morgan fingerprint density at radius 2 is 1.64 bits per heavy atom. The minimum absolute atomic E-state index is 0.144. The SMILES string of the molecule is Cc1cccc(C(=O)NCCNC(=O)c2ccc(C)nc2)c1. The van der Waals surface area contributed by atoms with Gasteiger partial charge in [-0.2, -0.15) is 0 Å². The maximum atomic E-state index is 11.9. The summed E-state index contributed by atoms with van der Waals surface area (Å²) in [6.45, 7) is 4.54. The number of nitrogens with zero attached hydrogens (tertiary/aromatic N) is 1. The smallest absolute Gasteiger partial charge is 0.252 e. The fourth-order valence-electron chi connectivity index (χ4n) is 1.94. The normalized spacial score (nSPS) is 10.1. The highest BCUT2D eigenvalue weighted by atomic mass is 16.2. The van der Waals surface area contributed by atoms with Crippen molar-refractivity contribution in [2.24, 2.45) is 0 Å². The molecule has 0 aliphatic heterocycles. The molecule has 1 heterocycles. The number of aryl methyl sites for hydroxylation is 2. The molecule has 0 atom stereocenters. The Balaban J connectivity index is 1.76. The summed E-state index contributed by atoms with van der Waals surface area (Å²) in [5.74, 6) is -0.341. The number of aromatic nitrogens is 1. The van der Waals surface area contributed by atoms with Crippen molar-refractivity contribution in [3.8, 4) is 0 Å². The van der Waals surface area contributed by atoms with Crippen LogP contribution in [-0.4, -0.2) is 29.9 Å². The third kappa shape index (κ3) is 4.41. The second-order valence-electron chi connectivity index (χ2n) is 5.07. The van der Waals surface area contributed by atoms with Crippen molar-refractivity contribution in [1.82, 2.24) is 15.6 Å². The van der Waals surface area contributed by atoms with Gasteiger partial charge in [-0.1, -0.05) is 17.7 Å². The molecule has 0 aliphatic carbocycles. The largest absolute Gasteiger partial charge is 0.350 e. The van der Waals surface area contributed by atoms with Gasteiger partial charge in [-0.3, -0.25) is 14.6 Å². The van der Waals surface area contributed by atoms with Crippen molar-refractivity contribution in [3.63, 3.8) is 0 Å². The fourth-order valence-corrected chi connectivity index (χ4v) is 1.94. The van der Waals surface area contributed by atoms with Gasteiger partial charge >= 0.3 is 0 Å². The van der Waals surface area contributed by atoms with Gasteiger partial charge in [0.1, 0.15) is 0 Å². The highest BCUT2D eigenvalue weighted by Gasteiger charge is 2.06. The van der Waals surface area contributed by atoms with E-state index < -0.39 is 0 Å². The Bertz CT molecular complexity index is 666. The number of carbonyl (C=O) groups is 2. The predicted molar refractivity (Wildman–Crippen MR) is 84.8 cm³/mol. The minimum Gasteiger partial charge on any atom is -0.350 e. The molecule has 1 aromatic heterocycles. The van der Waals surface area contributed by atoms with Crippen LogP contribution in [0.4, 0.5) is 0 Å². The number of amides is 2. The van der Waals surface area contributed by atoms with Crippen LogP contribution >= 0.6 is 0 Å². The lowest BCUT2D eigenvalue weighted by Crippen LogP contribution is -2.34. The zero-order chi connectivity index (χ0) is 15.9. The van der Waals surface area contributed by atoms with Crippen molar-refractivity contribution in [2.45, 2.75) is 13.8 Å². The number of carbonyl (C=O) groups excluding carboxylic acids is 2. The zero-order valence-corrected chi connectivity index (χ0v) is 12.7. The van der Waals surface area contributed by atoms with E-state index in [2.05, 4.69) is 15.6 Å². The maximum absolute atomic E-state index is 11.9. The lowest BCUT2D eigenvalue weighted by molar-refractivity contribution is 0.0927. The molecular formula is C17H19N3O2. The molecular weight excluding hydrogens is 278 g/mol. The molecule has 0 bridgehead atoms. The van der Waals surface area contributed by atoms with Crippen LogP contribution in [0.1, 0.15) is 32.0 Å². The quantitative estimate of drug-likeness (QED) is 0.828. The van der Waals surface area contributed by atoms with Crippen LogP contribution in [0.25, 0.3) is 0 Å². The van der Waals surface area contributed by atoms with Crippen molar-refractivity contribution < 1.29 is 9.59 Å². The number of nitrogens with one attached hydrogen (secondary N) is 2. The van der Waals surface area contributed by atoms with E-state index in [0.717, 1.165) is 11.3 Å². The monoisotopic (exact) mass is 297 g/mol. The Kier molecular flexibility index (Phi) is 5.25. The maximum Gasteiger partial charge on any atom is 0.252 e. The molecule has 0 aliphatic rings. The third-order valence-electron chi connectivity index (χ3n) is 3.15. The molecule has 1 aromatic carbocycles. The molecule has 114 valence electrons. The second kappa shape index (κ2) is 7.36. The predicted octanol–water partition coefficient (Wildman–Crippen LogP) is 1.86. The number of pyridine rings is 1. The van der Waals surface area contributed by atoms with E-state index in [9.17, 15) is 9.59 Å². The van der Waals surface area contributed by atoms with Crippen molar-refractivity contribution in [2.75, 3.05) is 13.1 Å². The third-order valence-corrected chi connectivity index (χ3v) is 3.15. The summed E-state index contributed by atoms with van der Waals surface area (Å²) in [7, 11) is 0. The molecule has 22 heavy (non-hydrogen) atoms.